The standard InChI is InChI=1S/C10H10BrN3S/c1-7-2-3-15-8(7)5-12-10-4-9(11)13-6-14-10/h2-4,6H,5H2,1H3,(H,12,13,14). The van der Waals surface area contributed by atoms with Crippen molar-refractivity contribution in [1.29, 1.82) is 0 Å². The van der Waals surface area contributed by atoms with Crippen molar-refractivity contribution in [2.75, 3.05) is 5.32 Å². The van der Waals surface area contributed by atoms with Gasteiger partial charge in [0, 0.05) is 10.9 Å². The third-order valence-electron chi connectivity index (χ3n) is 2.03. The Hall–Kier alpha value is -0.940. The van der Waals surface area contributed by atoms with E-state index >= 15 is 0 Å². The number of nitrogens with zero attached hydrogens (tertiary/aromatic N) is 2. The maximum absolute atomic E-state index is 4.12. The molecule has 0 atom stereocenters. The van der Waals surface area contributed by atoms with Crippen LogP contribution in [0.5, 0.6) is 0 Å². The summed E-state index contributed by atoms with van der Waals surface area (Å²) in [6.45, 7) is 2.93. The van der Waals surface area contributed by atoms with Crippen molar-refractivity contribution in [2.24, 2.45) is 0 Å². The Morgan fingerprint density at radius 2 is 2.33 bits per heavy atom. The summed E-state index contributed by atoms with van der Waals surface area (Å²) in [5.41, 5.74) is 1.32. The van der Waals surface area contributed by atoms with Crippen LogP contribution >= 0.6 is 27.3 Å². The van der Waals surface area contributed by atoms with Gasteiger partial charge in [0.25, 0.3) is 0 Å². The van der Waals surface area contributed by atoms with Gasteiger partial charge in [-0.25, -0.2) is 9.97 Å². The number of hydrogen-bond donors (Lipinski definition) is 1. The fourth-order valence-corrected chi connectivity index (χ4v) is 2.34. The summed E-state index contributed by atoms with van der Waals surface area (Å²) in [6.07, 6.45) is 1.54. The second-order valence-electron chi connectivity index (χ2n) is 3.11. The first kappa shape index (κ1) is 10.6. The summed E-state index contributed by atoms with van der Waals surface area (Å²) in [7, 11) is 0. The van der Waals surface area contributed by atoms with Crippen molar-refractivity contribution in [3.8, 4) is 0 Å². The molecule has 0 bridgehead atoms. The van der Waals surface area contributed by atoms with Gasteiger partial charge >= 0.3 is 0 Å². The average molecular weight is 284 g/mol. The van der Waals surface area contributed by atoms with E-state index in [4.69, 9.17) is 0 Å². The first-order chi connectivity index (χ1) is 7.25. The highest BCUT2D eigenvalue weighted by molar-refractivity contribution is 9.10. The molecular formula is C10H10BrN3S. The molecule has 0 amide bonds. The summed E-state index contributed by atoms with van der Waals surface area (Å²) < 4.78 is 0.794. The first-order valence-electron chi connectivity index (χ1n) is 4.50. The van der Waals surface area contributed by atoms with Crippen LogP contribution in [0, 0.1) is 6.92 Å². The van der Waals surface area contributed by atoms with Crippen molar-refractivity contribution < 1.29 is 0 Å². The van der Waals surface area contributed by atoms with Gasteiger partial charge in [0.05, 0.1) is 6.54 Å². The predicted octanol–water partition coefficient (Wildman–Crippen LogP) is 3.22. The number of aromatic nitrogens is 2. The summed E-state index contributed by atoms with van der Waals surface area (Å²) >= 11 is 5.06. The lowest BCUT2D eigenvalue weighted by atomic mass is 10.3. The van der Waals surface area contributed by atoms with E-state index in [9.17, 15) is 0 Å². The fraction of sp³-hybridized carbons (Fsp3) is 0.200. The minimum absolute atomic E-state index is 0.794. The van der Waals surface area contributed by atoms with Gasteiger partial charge in [0.1, 0.15) is 16.7 Å². The van der Waals surface area contributed by atoms with Gasteiger partial charge in [-0.3, -0.25) is 0 Å². The molecule has 2 aromatic heterocycles. The van der Waals surface area contributed by atoms with Crippen LogP contribution in [-0.2, 0) is 6.54 Å². The van der Waals surface area contributed by atoms with Gasteiger partial charge in [-0.1, -0.05) is 0 Å². The lowest BCUT2D eigenvalue weighted by Crippen LogP contribution is -2.00. The third-order valence-corrected chi connectivity index (χ3v) is 3.49. The molecule has 2 aromatic rings. The number of rotatable bonds is 3. The Balaban J connectivity index is 2.02. The smallest absolute Gasteiger partial charge is 0.130 e. The normalized spacial score (nSPS) is 10.3. The molecule has 0 saturated carbocycles. The number of hydrogen-bond acceptors (Lipinski definition) is 4. The second kappa shape index (κ2) is 4.72. The zero-order valence-electron chi connectivity index (χ0n) is 8.20. The van der Waals surface area contributed by atoms with E-state index < -0.39 is 0 Å². The van der Waals surface area contributed by atoms with Crippen molar-refractivity contribution in [1.82, 2.24) is 9.97 Å². The molecule has 78 valence electrons. The minimum Gasteiger partial charge on any atom is -0.365 e. The zero-order chi connectivity index (χ0) is 10.7. The Morgan fingerprint density at radius 3 is 3.00 bits per heavy atom. The molecule has 2 rings (SSSR count). The van der Waals surface area contributed by atoms with E-state index in [1.165, 1.54) is 16.8 Å². The van der Waals surface area contributed by atoms with Crippen LogP contribution in [0.4, 0.5) is 5.82 Å². The molecule has 0 aliphatic rings. The third kappa shape index (κ3) is 2.76. The number of anilines is 1. The molecule has 0 aliphatic carbocycles. The van der Waals surface area contributed by atoms with E-state index in [1.54, 1.807) is 11.3 Å². The summed E-state index contributed by atoms with van der Waals surface area (Å²) in [6, 6.07) is 3.99. The summed E-state index contributed by atoms with van der Waals surface area (Å²) in [5, 5.41) is 5.36. The maximum atomic E-state index is 4.12. The van der Waals surface area contributed by atoms with E-state index in [-0.39, 0.29) is 0 Å². The highest BCUT2D eigenvalue weighted by atomic mass is 79.9. The number of thiophene rings is 1. The summed E-state index contributed by atoms with van der Waals surface area (Å²) in [4.78, 5) is 9.43. The SMILES string of the molecule is Cc1ccsc1CNc1cc(Br)ncn1. The summed E-state index contributed by atoms with van der Waals surface area (Å²) in [5.74, 6) is 0.838. The van der Waals surface area contributed by atoms with Gasteiger partial charge in [0.15, 0.2) is 0 Å². The molecule has 1 N–H and O–H groups in total. The monoisotopic (exact) mass is 283 g/mol. The first-order valence-corrected chi connectivity index (χ1v) is 6.17. The van der Waals surface area contributed by atoms with Crippen molar-refractivity contribution in [2.45, 2.75) is 13.5 Å². The van der Waals surface area contributed by atoms with Gasteiger partial charge in [-0.15, -0.1) is 11.3 Å². The van der Waals surface area contributed by atoms with Crippen molar-refractivity contribution in [3.05, 3.63) is 38.9 Å². The van der Waals surface area contributed by atoms with E-state index in [0.717, 1.165) is 17.0 Å². The zero-order valence-corrected chi connectivity index (χ0v) is 10.6. The molecule has 0 aliphatic heterocycles. The molecule has 0 unspecified atom stereocenters. The predicted molar refractivity (Wildman–Crippen MR) is 66.1 cm³/mol. The molecule has 5 heteroatoms. The van der Waals surface area contributed by atoms with Gasteiger partial charge in [0.2, 0.25) is 0 Å². The molecule has 3 nitrogen and oxygen atoms in total. The van der Waals surface area contributed by atoms with Crippen LogP contribution in [-0.4, -0.2) is 9.97 Å². The molecule has 15 heavy (non-hydrogen) atoms. The van der Waals surface area contributed by atoms with E-state index in [1.807, 2.05) is 6.07 Å². The lowest BCUT2D eigenvalue weighted by molar-refractivity contribution is 1.08. The average Bonchev–Trinajstić information content (AvgIpc) is 2.61. The van der Waals surface area contributed by atoms with Crippen LogP contribution < -0.4 is 5.32 Å². The van der Waals surface area contributed by atoms with Crippen LogP contribution in [0.15, 0.2) is 28.4 Å². The molecule has 0 aromatic carbocycles. The Morgan fingerprint density at radius 1 is 1.47 bits per heavy atom. The van der Waals surface area contributed by atoms with Crippen LogP contribution in [0.2, 0.25) is 0 Å². The molecule has 0 spiro atoms. The van der Waals surface area contributed by atoms with Crippen LogP contribution in [0.3, 0.4) is 0 Å². The molecule has 0 radical (unpaired) electrons. The number of aryl methyl sites for hydroxylation is 1. The number of nitrogens with one attached hydrogen (secondary N) is 1. The van der Waals surface area contributed by atoms with Gasteiger partial charge < -0.3 is 5.32 Å². The Labute approximate surface area is 101 Å². The minimum atomic E-state index is 0.794. The van der Waals surface area contributed by atoms with Crippen LogP contribution in [0.1, 0.15) is 10.4 Å². The second-order valence-corrected chi connectivity index (χ2v) is 4.92. The van der Waals surface area contributed by atoms with Crippen molar-refractivity contribution in [3.63, 3.8) is 0 Å². The van der Waals surface area contributed by atoms with Gasteiger partial charge in [-0.2, -0.15) is 0 Å². The Kier molecular flexibility index (Phi) is 3.33. The fourth-order valence-electron chi connectivity index (χ4n) is 1.19. The van der Waals surface area contributed by atoms with Gasteiger partial charge in [-0.05, 0) is 39.9 Å². The largest absolute Gasteiger partial charge is 0.365 e. The van der Waals surface area contributed by atoms with E-state index in [2.05, 4.69) is 49.6 Å². The maximum Gasteiger partial charge on any atom is 0.130 e. The van der Waals surface area contributed by atoms with Crippen molar-refractivity contribution >= 4 is 33.1 Å². The van der Waals surface area contributed by atoms with E-state index in [0.29, 0.717) is 0 Å². The quantitative estimate of drug-likeness (QED) is 0.879. The molecule has 0 fully saturated rings. The molecule has 2 heterocycles. The molecule has 0 saturated heterocycles. The lowest BCUT2D eigenvalue weighted by Gasteiger charge is -2.04. The Bertz CT molecular complexity index is 455. The topological polar surface area (TPSA) is 37.8 Å². The highest BCUT2D eigenvalue weighted by Gasteiger charge is 2.00. The highest BCUT2D eigenvalue weighted by Crippen LogP contribution is 2.17. The molecular weight excluding hydrogens is 274 g/mol. The van der Waals surface area contributed by atoms with Crippen LogP contribution in [0.25, 0.3) is 0 Å². The number of halogens is 1.